The fourth-order valence-electron chi connectivity index (χ4n) is 1.66. The Hall–Kier alpha value is -2.89. The van der Waals surface area contributed by atoms with Gasteiger partial charge in [-0.15, -0.1) is 0 Å². The van der Waals surface area contributed by atoms with E-state index in [4.69, 9.17) is 14.6 Å². The summed E-state index contributed by atoms with van der Waals surface area (Å²) < 4.78 is 10.7. The Bertz CT molecular complexity index is 679. The Labute approximate surface area is 121 Å². The molecule has 6 nitrogen and oxygen atoms in total. The van der Waals surface area contributed by atoms with Crippen molar-refractivity contribution in [2.75, 3.05) is 7.11 Å². The lowest BCUT2D eigenvalue weighted by atomic mass is 10.2. The third kappa shape index (κ3) is 3.36. The third-order valence-corrected chi connectivity index (χ3v) is 2.74. The van der Waals surface area contributed by atoms with Gasteiger partial charge in [-0.3, -0.25) is 4.79 Å². The number of ether oxygens (including phenoxy) is 2. The van der Waals surface area contributed by atoms with E-state index in [0.717, 1.165) is 0 Å². The van der Waals surface area contributed by atoms with E-state index in [0.29, 0.717) is 22.9 Å². The molecule has 1 heterocycles. The average molecular weight is 287 g/mol. The van der Waals surface area contributed by atoms with Crippen molar-refractivity contribution in [1.82, 2.24) is 4.98 Å². The molecule has 21 heavy (non-hydrogen) atoms. The molecule has 2 aromatic rings. The standard InChI is InChI=1S/C15H13NO5/c1-9(17)12-5-4-11(8-16-12)21-13-6-3-10(15(18)19)7-14(13)20-2/h3-8H,1-2H3,(H,18,19). The van der Waals surface area contributed by atoms with Crippen LogP contribution in [0.3, 0.4) is 0 Å². The minimum absolute atomic E-state index is 0.101. The van der Waals surface area contributed by atoms with Crippen LogP contribution in [0.1, 0.15) is 27.8 Å². The predicted molar refractivity (Wildman–Crippen MR) is 74.3 cm³/mol. The highest BCUT2D eigenvalue weighted by molar-refractivity contribution is 5.92. The zero-order valence-corrected chi connectivity index (χ0v) is 11.5. The van der Waals surface area contributed by atoms with Crippen molar-refractivity contribution < 1.29 is 24.2 Å². The van der Waals surface area contributed by atoms with Gasteiger partial charge in [0.15, 0.2) is 17.3 Å². The molecule has 0 saturated heterocycles. The van der Waals surface area contributed by atoms with Crippen LogP contribution in [0.4, 0.5) is 0 Å². The van der Waals surface area contributed by atoms with Crippen molar-refractivity contribution in [3.8, 4) is 17.2 Å². The lowest BCUT2D eigenvalue weighted by Crippen LogP contribution is -1.99. The van der Waals surface area contributed by atoms with Crippen LogP contribution >= 0.6 is 0 Å². The molecular formula is C15H13NO5. The summed E-state index contributed by atoms with van der Waals surface area (Å²) in [5.41, 5.74) is 0.444. The highest BCUT2D eigenvalue weighted by atomic mass is 16.5. The number of Topliss-reactive ketones (excluding diaryl/α,β-unsaturated/α-hetero) is 1. The maximum absolute atomic E-state index is 11.1. The average Bonchev–Trinajstić information content (AvgIpc) is 2.48. The van der Waals surface area contributed by atoms with Crippen molar-refractivity contribution in [3.05, 3.63) is 47.8 Å². The first kappa shape index (κ1) is 14.5. The minimum atomic E-state index is -1.05. The number of nitrogens with zero attached hydrogens (tertiary/aromatic N) is 1. The molecule has 0 aliphatic rings. The lowest BCUT2D eigenvalue weighted by molar-refractivity contribution is 0.0696. The molecule has 0 bridgehead atoms. The largest absolute Gasteiger partial charge is 0.493 e. The molecule has 0 spiro atoms. The van der Waals surface area contributed by atoms with Crippen LogP contribution < -0.4 is 9.47 Å². The van der Waals surface area contributed by atoms with Crippen molar-refractivity contribution in [3.63, 3.8) is 0 Å². The van der Waals surface area contributed by atoms with E-state index < -0.39 is 5.97 Å². The maximum Gasteiger partial charge on any atom is 0.335 e. The number of hydrogen-bond donors (Lipinski definition) is 1. The second-order valence-electron chi connectivity index (χ2n) is 4.21. The number of ketones is 1. The van der Waals surface area contributed by atoms with Gasteiger partial charge < -0.3 is 14.6 Å². The Balaban J connectivity index is 2.26. The smallest absolute Gasteiger partial charge is 0.335 e. The van der Waals surface area contributed by atoms with Crippen LogP contribution in [0.25, 0.3) is 0 Å². The van der Waals surface area contributed by atoms with Gasteiger partial charge in [-0.05, 0) is 30.3 Å². The van der Waals surface area contributed by atoms with Crippen LogP contribution in [0.15, 0.2) is 36.5 Å². The lowest BCUT2D eigenvalue weighted by Gasteiger charge is -2.10. The second kappa shape index (κ2) is 6.04. The van der Waals surface area contributed by atoms with E-state index in [2.05, 4.69) is 4.98 Å². The summed E-state index contributed by atoms with van der Waals surface area (Å²) in [6.45, 7) is 1.43. The molecule has 0 aliphatic carbocycles. The minimum Gasteiger partial charge on any atom is -0.493 e. The maximum atomic E-state index is 11.1. The van der Waals surface area contributed by atoms with Crippen molar-refractivity contribution in [1.29, 1.82) is 0 Å². The number of rotatable bonds is 5. The molecule has 0 atom stereocenters. The van der Waals surface area contributed by atoms with Crippen molar-refractivity contribution >= 4 is 11.8 Å². The fraction of sp³-hybridized carbons (Fsp3) is 0.133. The van der Waals surface area contributed by atoms with Crippen LogP contribution in [-0.4, -0.2) is 29.0 Å². The van der Waals surface area contributed by atoms with Gasteiger partial charge in [0.1, 0.15) is 11.4 Å². The number of aromatic nitrogens is 1. The SMILES string of the molecule is COc1cc(C(=O)O)ccc1Oc1ccc(C(C)=O)nc1. The van der Waals surface area contributed by atoms with Crippen LogP contribution in [-0.2, 0) is 0 Å². The summed E-state index contributed by atoms with van der Waals surface area (Å²) in [5, 5.41) is 8.93. The molecule has 1 aromatic heterocycles. The van der Waals surface area contributed by atoms with Crippen molar-refractivity contribution in [2.45, 2.75) is 6.92 Å². The zero-order chi connectivity index (χ0) is 15.4. The summed E-state index contributed by atoms with van der Waals surface area (Å²) in [6, 6.07) is 7.44. The molecule has 108 valence electrons. The molecule has 0 aliphatic heterocycles. The third-order valence-electron chi connectivity index (χ3n) is 2.74. The molecular weight excluding hydrogens is 274 g/mol. The van der Waals surface area contributed by atoms with E-state index in [1.807, 2.05) is 0 Å². The quantitative estimate of drug-likeness (QED) is 0.851. The molecule has 2 rings (SSSR count). The van der Waals surface area contributed by atoms with Gasteiger partial charge in [-0.25, -0.2) is 9.78 Å². The summed E-state index contributed by atoms with van der Waals surface area (Å²) in [6.07, 6.45) is 1.42. The normalized spacial score (nSPS) is 10.0. The van der Waals surface area contributed by atoms with Crippen LogP contribution in [0.5, 0.6) is 17.2 Å². The molecule has 0 radical (unpaired) electrons. The second-order valence-corrected chi connectivity index (χ2v) is 4.21. The molecule has 1 aromatic carbocycles. The number of pyridine rings is 1. The first-order valence-electron chi connectivity index (χ1n) is 6.07. The molecule has 0 saturated carbocycles. The van der Waals surface area contributed by atoms with Crippen molar-refractivity contribution in [2.24, 2.45) is 0 Å². The summed E-state index contributed by atoms with van der Waals surface area (Å²) in [4.78, 5) is 26.0. The van der Waals surface area contributed by atoms with E-state index in [-0.39, 0.29) is 11.3 Å². The molecule has 0 fully saturated rings. The highest BCUT2D eigenvalue weighted by Crippen LogP contribution is 2.32. The number of carbonyl (C=O) groups excluding carboxylic acids is 1. The Morgan fingerprint density at radius 2 is 1.90 bits per heavy atom. The van der Waals surface area contributed by atoms with E-state index >= 15 is 0 Å². The Kier molecular flexibility index (Phi) is 4.18. The number of carboxylic acids is 1. The highest BCUT2D eigenvalue weighted by Gasteiger charge is 2.11. The van der Waals surface area contributed by atoms with Crippen LogP contribution in [0.2, 0.25) is 0 Å². The van der Waals surface area contributed by atoms with Gasteiger partial charge in [0.25, 0.3) is 0 Å². The first-order chi connectivity index (χ1) is 10.0. The summed E-state index contributed by atoms with van der Waals surface area (Å²) >= 11 is 0. The molecule has 0 unspecified atom stereocenters. The van der Waals surface area contributed by atoms with Gasteiger partial charge in [0.2, 0.25) is 0 Å². The van der Waals surface area contributed by atoms with E-state index in [9.17, 15) is 9.59 Å². The van der Waals surface area contributed by atoms with Gasteiger partial charge in [0.05, 0.1) is 18.9 Å². The zero-order valence-electron chi connectivity index (χ0n) is 11.5. The van der Waals surface area contributed by atoms with Gasteiger partial charge in [-0.1, -0.05) is 0 Å². The van der Waals surface area contributed by atoms with E-state index in [1.165, 1.54) is 38.4 Å². The predicted octanol–water partition coefficient (Wildman–Crippen LogP) is 2.78. The summed E-state index contributed by atoms with van der Waals surface area (Å²) in [5.74, 6) is -0.107. The number of aromatic carboxylic acids is 1. The van der Waals surface area contributed by atoms with Gasteiger partial charge >= 0.3 is 5.97 Å². The topological polar surface area (TPSA) is 85.7 Å². The van der Waals surface area contributed by atoms with Gasteiger partial charge in [-0.2, -0.15) is 0 Å². The number of methoxy groups -OCH3 is 1. The monoisotopic (exact) mass is 287 g/mol. The molecule has 0 amide bonds. The number of benzene rings is 1. The first-order valence-corrected chi connectivity index (χ1v) is 6.07. The van der Waals surface area contributed by atoms with Crippen LogP contribution in [0, 0.1) is 0 Å². The Morgan fingerprint density at radius 1 is 1.14 bits per heavy atom. The number of carboxylic acid groups (broad SMARTS) is 1. The Morgan fingerprint density at radius 3 is 2.43 bits per heavy atom. The van der Waals surface area contributed by atoms with E-state index in [1.54, 1.807) is 12.1 Å². The molecule has 6 heteroatoms. The van der Waals surface area contributed by atoms with Gasteiger partial charge in [0, 0.05) is 6.92 Å². The molecule has 1 N–H and O–H groups in total. The number of hydrogen-bond acceptors (Lipinski definition) is 5. The fourth-order valence-corrected chi connectivity index (χ4v) is 1.66. The summed E-state index contributed by atoms with van der Waals surface area (Å²) in [7, 11) is 1.42. The number of carbonyl (C=O) groups is 2.